The summed E-state index contributed by atoms with van der Waals surface area (Å²) in [6, 6.07) is 6.98. The van der Waals surface area contributed by atoms with E-state index < -0.39 is 0 Å². The number of hydrogen-bond donors (Lipinski definition) is 0. The molecule has 0 aliphatic carbocycles. The van der Waals surface area contributed by atoms with Crippen LogP contribution in [-0.4, -0.2) is 0 Å². The molecule has 3 heteroatoms. The van der Waals surface area contributed by atoms with E-state index in [0.29, 0.717) is 0 Å². The normalized spacial score (nSPS) is 8.15. The Bertz CT molecular complexity index is 467. The first-order chi connectivity index (χ1) is 6.24. The second-order valence-electron chi connectivity index (χ2n) is 2.49. The largest absolute Gasteiger partial charge is 0.236 e. The Labute approximate surface area is 76.3 Å². The first-order valence-electron chi connectivity index (χ1n) is 3.56. The lowest BCUT2D eigenvalue weighted by molar-refractivity contribution is 1.39. The molecular weight excluding hydrogens is 162 g/mol. The van der Waals surface area contributed by atoms with Crippen molar-refractivity contribution in [3.8, 4) is 12.1 Å². The molecule has 3 nitrogen and oxygen atoms in total. The topological polar surface area (TPSA) is 51.9 Å². The first-order valence-corrected chi connectivity index (χ1v) is 3.56. The second kappa shape index (κ2) is 3.39. The molecule has 0 bridgehead atoms. The Balaban J connectivity index is 3.63. The van der Waals surface area contributed by atoms with Gasteiger partial charge in [-0.1, -0.05) is 6.07 Å². The number of benzene rings is 1. The monoisotopic (exact) mass is 167 g/mol. The molecule has 0 heterocycles. The van der Waals surface area contributed by atoms with Gasteiger partial charge in [-0.25, -0.2) is 4.85 Å². The van der Waals surface area contributed by atoms with E-state index in [9.17, 15) is 0 Å². The van der Waals surface area contributed by atoms with Crippen LogP contribution in [0.1, 0.15) is 16.7 Å². The van der Waals surface area contributed by atoms with Crippen molar-refractivity contribution >= 4 is 5.69 Å². The van der Waals surface area contributed by atoms with Gasteiger partial charge in [-0.2, -0.15) is 10.5 Å². The van der Waals surface area contributed by atoms with Gasteiger partial charge in [0, 0.05) is 0 Å². The van der Waals surface area contributed by atoms with Crippen LogP contribution in [0.5, 0.6) is 0 Å². The van der Waals surface area contributed by atoms with E-state index in [0.717, 1.165) is 5.56 Å². The lowest BCUT2D eigenvalue weighted by Gasteiger charge is -2.00. The van der Waals surface area contributed by atoms with E-state index >= 15 is 0 Å². The highest BCUT2D eigenvalue weighted by Crippen LogP contribution is 2.25. The van der Waals surface area contributed by atoms with Crippen molar-refractivity contribution in [2.75, 3.05) is 0 Å². The van der Waals surface area contributed by atoms with E-state index in [1.54, 1.807) is 19.1 Å². The number of rotatable bonds is 0. The maximum Gasteiger partial charge on any atom is 0.208 e. The van der Waals surface area contributed by atoms with Gasteiger partial charge in [-0.3, -0.25) is 0 Å². The fourth-order valence-electron chi connectivity index (χ4n) is 1.05. The second-order valence-corrected chi connectivity index (χ2v) is 2.49. The maximum absolute atomic E-state index is 8.74. The Hall–Kier alpha value is -2.31. The van der Waals surface area contributed by atoms with Crippen LogP contribution >= 0.6 is 0 Å². The van der Waals surface area contributed by atoms with Gasteiger partial charge in [0.15, 0.2) is 0 Å². The highest BCUT2D eigenvalue weighted by molar-refractivity contribution is 5.68. The van der Waals surface area contributed by atoms with Crippen LogP contribution in [0.4, 0.5) is 5.69 Å². The molecule has 0 saturated heterocycles. The predicted molar refractivity (Wildman–Crippen MR) is 46.9 cm³/mol. The molecule has 0 spiro atoms. The molecule has 1 aromatic carbocycles. The van der Waals surface area contributed by atoms with Gasteiger partial charge in [-0.05, 0) is 18.6 Å². The van der Waals surface area contributed by atoms with Gasteiger partial charge >= 0.3 is 0 Å². The van der Waals surface area contributed by atoms with Crippen molar-refractivity contribution in [2.45, 2.75) is 6.92 Å². The average molecular weight is 167 g/mol. The summed E-state index contributed by atoms with van der Waals surface area (Å²) in [7, 11) is 0. The third-order valence-electron chi connectivity index (χ3n) is 1.72. The van der Waals surface area contributed by atoms with Crippen LogP contribution in [-0.2, 0) is 0 Å². The highest BCUT2D eigenvalue weighted by atomic mass is 14.7. The molecule has 1 aromatic rings. The van der Waals surface area contributed by atoms with Crippen molar-refractivity contribution in [3.05, 3.63) is 40.2 Å². The standard InChI is InChI=1S/C10H5N3/c1-7-3-4-8(5-11)9(6-12)10(7)13-2/h3-4H,1H3. The molecule has 0 unspecified atom stereocenters. The predicted octanol–water partition coefficient (Wildman–Crippen LogP) is 2.29. The van der Waals surface area contributed by atoms with Gasteiger partial charge in [0.2, 0.25) is 5.69 Å². The minimum Gasteiger partial charge on any atom is -0.236 e. The molecule has 13 heavy (non-hydrogen) atoms. The van der Waals surface area contributed by atoms with Crippen LogP contribution in [0, 0.1) is 36.2 Å². The van der Waals surface area contributed by atoms with Crippen molar-refractivity contribution in [1.82, 2.24) is 0 Å². The molecule has 1 rings (SSSR count). The molecule has 0 aromatic heterocycles. The van der Waals surface area contributed by atoms with Crippen LogP contribution in [0.25, 0.3) is 4.85 Å². The van der Waals surface area contributed by atoms with Crippen molar-refractivity contribution < 1.29 is 0 Å². The van der Waals surface area contributed by atoms with Crippen LogP contribution in [0.3, 0.4) is 0 Å². The van der Waals surface area contributed by atoms with E-state index in [-0.39, 0.29) is 16.8 Å². The summed E-state index contributed by atoms with van der Waals surface area (Å²) in [5.41, 5.74) is 1.45. The van der Waals surface area contributed by atoms with E-state index in [4.69, 9.17) is 17.1 Å². The number of nitriles is 2. The highest BCUT2D eigenvalue weighted by Gasteiger charge is 2.09. The van der Waals surface area contributed by atoms with E-state index in [2.05, 4.69) is 4.85 Å². The van der Waals surface area contributed by atoms with Gasteiger partial charge in [0.1, 0.15) is 0 Å². The third-order valence-corrected chi connectivity index (χ3v) is 1.72. The summed E-state index contributed by atoms with van der Waals surface area (Å²) in [6.45, 7) is 8.61. The van der Waals surface area contributed by atoms with Gasteiger partial charge in [0.05, 0.1) is 29.8 Å². The fraction of sp³-hybridized carbons (Fsp3) is 0.100. The Morgan fingerprint density at radius 2 is 2.00 bits per heavy atom. The summed E-state index contributed by atoms with van der Waals surface area (Å²) >= 11 is 0. The number of aryl methyl sites for hydroxylation is 1. The number of hydrogen-bond acceptors (Lipinski definition) is 2. The minimum absolute atomic E-state index is 0.178. The van der Waals surface area contributed by atoms with Gasteiger partial charge in [-0.15, -0.1) is 0 Å². The zero-order chi connectivity index (χ0) is 9.84. The molecule has 0 radical (unpaired) electrons. The molecule has 0 N–H and O–H groups in total. The zero-order valence-electron chi connectivity index (χ0n) is 7.00. The Morgan fingerprint density at radius 1 is 1.31 bits per heavy atom. The zero-order valence-corrected chi connectivity index (χ0v) is 7.00. The lowest BCUT2D eigenvalue weighted by Crippen LogP contribution is -1.85. The van der Waals surface area contributed by atoms with Crippen molar-refractivity contribution in [3.63, 3.8) is 0 Å². The average Bonchev–Trinajstić information content (AvgIpc) is 2.17. The van der Waals surface area contributed by atoms with Gasteiger partial charge < -0.3 is 0 Å². The summed E-state index contributed by atoms with van der Waals surface area (Å²) in [6.07, 6.45) is 0. The summed E-state index contributed by atoms with van der Waals surface area (Å²) in [5.74, 6) is 0. The number of nitrogens with zero attached hydrogens (tertiary/aromatic N) is 3. The molecule has 0 fully saturated rings. The molecule has 0 atom stereocenters. The first kappa shape index (κ1) is 8.78. The molecule has 60 valence electrons. The molecular formula is C10H5N3. The van der Waals surface area contributed by atoms with Crippen LogP contribution in [0.15, 0.2) is 12.1 Å². The van der Waals surface area contributed by atoms with Crippen molar-refractivity contribution in [2.24, 2.45) is 0 Å². The minimum atomic E-state index is 0.178. The lowest BCUT2D eigenvalue weighted by atomic mass is 10.0. The van der Waals surface area contributed by atoms with Gasteiger partial charge in [0.25, 0.3) is 0 Å². The Kier molecular flexibility index (Phi) is 2.29. The molecule has 0 aliphatic rings. The SMILES string of the molecule is [C-]#[N+]c1c(C)ccc(C#N)c1C#N. The molecule has 0 amide bonds. The fourth-order valence-corrected chi connectivity index (χ4v) is 1.05. The van der Waals surface area contributed by atoms with E-state index in [1.807, 2.05) is 12.1 Å². The third kappa shape index (κ3) is 1.34. The molecule has 0 saturated carbocycles. The smallest absolute Gasteiger partial charge is 0.208 e. The summed E-state index contributed by atoms with van der Waals surface area (Å²) < 4.78 is 0. The summed E-state index contributed by atoms with van der Waals surface area (Å²) in [5, 5.41) is 17.4. The Morgan fingerprint density at radius 3 is 2.46 bits per heavy atom. The van der Waals surface area contributed by atoms with Crippen LogP contribution < -0.4 is 0 Å². The maximum atomic E-state index is 8.74. The van der Waals surface area contributed by atoms with E-state index in [1.165, 1.54) is 0 Å². The quantitative estimate of drug-likeness (QED) is 0.556. The summed E-state index contributed by atoms with van der Waals surface area (Å²) in [4.78, 5) is 3.23. The van der Waals surface area contributed by atoms with Crippen LogP contribution in [0.2, 0.25) is 0 Å². The molecule has 0 aliphatic heterocycles. The van der Waals surface area contributed by atoms with Crippen molar-refractivity contribution in [1.29, 1.82) is 10.5 Å².